The fourth-order valence-corrected chi connectivity index (χ4v) is 8.37. The summed E-state index contributed by atoms with van der Waals surface area (Å²) in [5.74, 6) is -9.62. The molecule has 0 radical (unpaired) electrons. The highest BCUT2D eigenvalue weighted by atomic mass is 16.5. The summed E-state index contributed by atoms with van der Waals surface area (Å²) in [4.78, 5) is 118. The second-order valence-electron chi connectivity index (χ2n) is 17.1. The van der Waals surface area contributed by atoms with E-state index in [0.29, 0.717) is 12.8 Å². The van der Waals surface area contributed by atoms with Crippen molar-refractivity contribution in [3.8, 4) is 0 Å². The molecule has 0 aromatic heterocycles. The normalized spacial score (nSPS) is 20.1. The van der Waals surface area contributed by atoms with Crippen molar-refractivity contribution in [2.75, 3.05) is 6.54 Å². The average Bonchev–Trinajstić information content (AvgIpc) is 3.90. The molecule has 0 bridgehead atoms. The lowest BCUT2D eigenvalue weighted by Crippen LogP contribution is -2.62. The third-order valence-corrected chi connectivity index (χ3v) is 12.0. The summed E-state index contributed by atoms with van der Waals surface area (Å²) in [6, 6.07) is 6.78. The lowest BCUT2D eigenvalue weighted by Gasteiger charge is -2.35. The number of ether oxygens (including phenoxy) is 1. The van der Waals surface area contributed by atoms with Gasteiger partial charge in [-0.15, -0.1) is 0 Å². The number of nitrogens with zero attached hydrogens (tertiary/aromatic N) is 1. The van der Waals surface area contributed by atoms with Crippen LogP contribution < -0.4 is 26.6 Å². The number of aliphatic carboxylic acids is 3. The zero-order chi connectivity index (χ0) is 46.0. The van der Waals surface area contributed by atoms with Crippen molar-refractivity contribution in [2.45, 2.75) is 140 Å². The number of amides is 6. The highest BCUT2D eigenvalue weighted by molar-refractivity contribution is 5.98. The molecule has 2 aromatic carbocycles. The Hall–Kier alpha value is -6.11. The average molecular weight is 879 g/mol. The van der Waals surface area contributed by atoms with E-state index in [-0.39, 0.29) is 32.4 Å². The van der Waals surface area contributed by atoms with Crippen molar-refractivity contribution in [2.24, 2.45) is 11.8 Å². The molecule has 1 aliphatic heterocycles. The molecular weight excluding hydrogens is 821 g/mol. The van der Waals surface area contributed by atoms with Crippen molar-refractivity contribution in [1.82, 2.24) is 31.5 Å². The van der Waals surface area contributed by atoms with Crippen LogP contribution in [0.3, 0.4) is 0 Å². The SMILES string of the molecule is CC(=O)N[C@@H](CC(=O)O)C(=O)N[C@H](CCC(=O)O)C(=O)N[C@H](C(=O)NC(C(=O)N1C[C@H](OCc2cccc3ccccc23)CC1C(=O)NC1(C(=O)O)CC1)C(C)C)C1CCCCC1. The Labute approximate surface area is 364 Å². The first kappa shape index (κ1) is 47.9. The van der Waals surface area contributed by atoms with Gasteiger partial charge in [0.2, 0.25) is 35.4 Å². The van der Waals surface area contributed by atoms with Gasteiger partial charge in [0.05, 0.1) is 19.1 Å². The summed E-state index contributed by atoms with van der Waals surface area (Å²) < 4.78 is 6.33. The lowest BCUT2D eigenvalue weighted by atomic mass is 9.83. The summed E-state index contributed by atoms with van der Waals surface area (Å²) in [6.07, 6.45) is 1.39. The Morgan fingerprint density at radius 1 is 0.794 bits per heavy atom. The molecule has 2 aromatic rings. The van der Waals surface area contributed by atoms with Crippen LogP contribution in [0.5, 0.6) is 0 Å². The van der Waals surface area contributed by atoms with E-state index in [2.05, 4.69) is 26.6 Å². The molecule has 6 amide bonds. The number of likely N-dealkylation sites (tertiary alicyclic amines) is 1. The summed E-state index contributed by atoms with van der Waals surface area (Å²) in [7, 11) is 0. The fourth-order valence-electron chi connectivity index (χ4n) is 8.37. The Morgan fingerprint density at radius 2 is 1.46 bits per heavy atom. The van der Waals surface area contributed by atoms with Gasteiger partial charge in [-0.05, 0) is 60.3 Å². The first-order chi connectivity index (χ1) is 29.9. The van der Waals surface area contributed by atoms with Crippen molar-refractivity contribution in [1.29, 1.82) is 0 Å². The number of benzene rings is 2. The first-order valence-corrected chi connectivity index (χ1v) is 21.4. The van der Waals surface area contributed by atoms with Gasteiger partial charge in [0.1, 0.15) is 35.7 Å². The van der Waals surface area contributed by atoms with E-state index >= 15 is 0 Å². The summed E-state index contributed by atoms with van der Waals surface area (Å²) >= 11 is 0. The lowest BCUT2D eigenvalue weighted by molar-refractivity contribution is -0.146. The van der Waals surface area contributed by atoms with Crippen molar-refractivity contribution < 1.29 is 63.2 Å². The van der Waals surface area contributed by atoms with Crippen LogP contribution in [0.4, 0.5) is 0 Å². The van der Waals surface area contributed by atoms with Gasteiger partial charge in [0, 0.05) is 26.3 Å². The Bertz CT molecular complexity index is 2040. The zero-order valence-corrected chi connectivity index (χ0v) is 35.7. The molecule has 0 spiro atoms. The molecular formula is C44H58N6O13. The monoisotopic (exact) mass is 878 g/mol. The minimum Gasteiger partial charge on any atom is -0.481 e. The van der Waals surface area contributed by atoms with Crippen LogP contribution in [0.15, 0.2) is 42.5 Å². The van der Waals surface area contributed by atoms with E-state index in [9.17, 15) is 58.5 Å². The molecule has 342 valence electrons. The van der Waals surface area contributed by atoms with Gasteiger partial charge in [0.15, 0.2) is 0 Å². The molecule has 1 saturated heterocycles. The molecule has 1 heterocycles. The standard InChI is InChI=1S/C44H58N6O13/c1-24(2)36(42(60)50-22-29(20-33(50)40(58)49-44(18-19-44)43(61)62)63-23-28-14-9-13-26-10-7-8-15-30(26)28)47-41(59)37(27-11-5-4-6-12-27)48-38(56)31(16-17-34(52)53)46-39(57)32(21-35(54)55)45-25(3)51/h7-10,13-15,24,27,29,31-33,36-37H,4-6,11-12,16-23H2,1-3H3,(H,45,51)(H,46,57)(H,47,59)(H,48,56)(H,49,58)(H,52,53)(H,54,55)(H,61,62)/t29-,31-,32+,33?,36?,37+/m1/s1. The Morgan fingerprint density at radius 3 is 2.08 bits per heavy atom. The van der Waals surface area contributed by atoms with Gasteiger partial charge < -0.3 is 51.5 Å². The summed E-state index contributed by atoms with van der Waals surface area (Å²) in [5.41, 5.74) is -0.546. The largest absolute Gasteiger partial charge is 0.481 e. The van der Waals surface area contributed by atoms with Gasteiger partial charge in [-0.2, -0.15) is 0 Å². The molecule has 2 unspecified atom stereocenters. The second kappa shape index (κ2) is 21.3. The van der Waals surface area contributed by atoms with E-state index in [4.69, 9.17) is 4.74 Å². The number of nitrogens with one attached hydrogen (secondary N) is 5. The number of carbonyl (C=O) groups is 9. The summed E-state index contributed by atoms with van der Waals surface area (Å²) in [6.45, 7) is 4.58. The van der Waals surface area contributed by atoms with Gasteiger partial charge in [0.25, 0.3) is 0 Å². The van der Waals surface area contributed by atoms with E-state index < -0.39 is 126 Å². The Kier molecular flexibility index (Phi) is 16.2. The molecule has 2 aliphatic carbocycles. The number of fused-ring (bicyclic) bond motifs is 1. The smallest absolute Gasteiger partial charge is 0.329 e. The number of carboxylic acid groups (broad SMARTS) is 3. The molecule has 2 saturated carbocycles. The van der Waals surface area contributed by atoms with Crippen LogP contribution in [-0.2, 0) is 54.5 Å². The first-order valence-electron chi connectivity index (χ1n) is 21.4. The van der Waals surface area contributed by atoms with Crippen LogP contribution in [0.25, 0.3) is 10.8 Å². The van der Waals surface area contributed by atoms with Gasteiger partial charge in [-0.3, -0.25) is 38.4 Å². The minimum absolute atomic E-state index is 0.0457. The quantitative estimate of drug-likeness (QED) is 0.0886. The number of rotatable bonds is 21. The topological polar surface area (TPSA) is 287 Å². The van der Waals surface area contributed by atoms with Crippen molar-refractivity contribution >= 4 is 64.1 Å². The van der Waals surface area contributed by atoms with Crippen molar-refractivity contribution in [3.63, 3.8) is 0 Å². The van der Waals surface area contributed by atoms with E-state index in [1.54, 1.807) is 13.8 Å². The van der Waals surface area contributed by atoms with Crippen LogP contribution in [0, 0.1) is 11.8 Å². The maximum Gasteiger partial charge on any atom is 0.329 e. The highest BCUT2D eigenvalue weighted by Gasteiger charge is 2.54. The van der Waals surface area contributed by atoms with E-state index in [0.717, 1.165) is 42.5 Å². The van der Waals surface area contributed by atoms with Gasteiger partial charge >= 0.3 is 17.9 Å². The number of carboxylic acids is 3. The number of hydrogen-bond acceptors (Lipinski definition) is 10. The third kappa shape index (κ3) is 12.7. The molecule has 5 rings (SSSR count). The maximum atomic E-state index is 14.7. The molecule has 3 fully saturated rings. The van der Waals surface area contributed by atoms with E-state index in [1.807, 2.05) is 42.5 Å². The minimum atomic E-state index is -1.59. The number of carbonyl (C=O) groups excluding carboxylic acids is 6. The van der Waals surface area contributed by atoms with Crippen LogP contribution >= 0.6 is 0 Å². The third-order valence-electron chi connectivity index (χ3n) is 12.0. The molecule has 8 N–H and O–H groups in total. The molecule has 19 nitrogen and oxygen atoms in total. The predicted molar refractivity (Wildman–Crippen MR) is 224 cm³/mol. The molecule has 3 aliphatic rings. The van der Waals surface area contributed by atoms with Crippen LogP contribution in [0.2, 0.25) is 0 Å². The summed E-state index contributed by atoms with van der Waals surface area (Å²) in [5, 5.41) is 43.3. The second-order valence-corrected chi connectivity index (χ2v) is 17.1. The molecule has 63 heavy (non-hydrogen) atoms. The fraction of sp³-hybridized carbons (Fsp3) is 0.568. The molecule has 6 atom stereocenters. The van der Waals surface area contributed by atoms with E-state index in [1.165, 1.54) is 4.90 Å². The number of hydrogen-bond donors (Lipinski definition) is 8. The van der Waals surface area contributed by atoms with Crippen LogP contribution in [0.1, 0.15) is 97.0 Å². The maximum absolute atomic E-state index is 14.7. The van der Waals surface area contributed by atoms with Gasteiger partial charge in [-0.25, -0.2) is 4.79 Å². The van der Waals surface area contributed by atoms with Gasteiger partial charge in [-0.1, -0.05) is 75.6 Å². The van der Waals surface area contributed by atoms with Crippen LogP contribution in [-0.4, -0.2) is 122 Å². The molecule has 19 heteroatoms. The zero-order valence-electron chi connectivity index (χ0n) is 35.7. The van der Waals surface area contributed by atoms with Crippen molar-refractivity contribution in [3.05, 3.63) is 48.0 Å². The Balaban J connectivity index is 1.37. The predicted octanol–water partition coefficient (Wildman–Crippen LogP) is 1.59. The highest BCUT2D eigenvalue weighted by Crippen LogP contribution is 2.36.